The van der Waals surface area contributed by atoms with Gasteiger partial charge in [0.2, 0.25) is 0 Å². The van der Waals surface area contributed by atoms with Gasteiger partial charge in [0.15, 0.2) is 0 Å². The molecule has 56 valence electrons. The van der Waals surface area contributed by atoms with Crippen molar-refractivity contribution < 1.29 is 18.3 Å². The molecular formula is C4H8F3NO. The number of rotatable bonds is 2. The van der Waals surface area contributed by atoms with Crippen LogP contribution in [0.2, 0.25) is 0 Å². The van der Waals surface area contributed by atoms with Gasteiger partial charge >= 0.3 is 6.18 Å². The number of nitrogens with two attached hydrogens (primary N) is 1. The molecule has 5 heteroatoms. The Balaban J connectivity index is 3.59. The van der Waals surface area contributed by atoms with Crippen molar-refractivity contribution in [3.63, 3.8) is 0 Å². The Hall–Kier alpha value is -0.290. The summed E-state index contributed by atoms with van der Waals surface area (Å²) in [6.45, 7) is -0.527. The lowest BCUT2D eigenvalue weighted by molar-refractivity contribution is -0.150. The smallest absolute Gasteiger partial charge is 0.396 e. The number of aliphatic hydroxyl groups excluding tert-OH is 1. The average molecular weight is 143 g/mol. The normalized spacial score (nSPS) is 15.7. The molecule has 0 radical (unpaired) electrons. The fourth-order valence-corrected chi connectivity index (χ4v) is 0.303. The first-order chi connectivity index (χ1) is 3.98. The van der Waals surface area contributed by atoms with Crippen molar-refractivity contribution in [1.82, 2.24) is 0 Å². The van der Waals surface area contributed by atoms with E-state index in [0.29, 0.717) is 0 Å². The van der Waals surface area contributed by atoms with Gasteiger partial charge in [-0.25, -0.2) is 0 Å². The quantitative estimate of drug-likeness (QED) is 0.582. The Morgan fingerprint density at radius 2 is 1.89 bits per heavy atom. The lowest BCUT2D eigenvalue weighted by Gasteiger charge is -2.12. The second-order valence-electron chi connectivity index (χ2n) is 1.66. The fourth-order valence-electron chi connectivity index (χ4n) is 0.303. The maximum atomic E-state index is 11.4. The van der Waals surface area contributed by atoms with Crippen molar-refractivity contribution in [2.75, 3.05) is 6.61 Å². The first-order valence-electron chi connectivity index (χ1n) is 2.41. The summed E-state index contributed by atoms with van der Waals surface area (Å²) < 4.78 is 34.2. The van der Waals surface area contributed by atoms with Crippen molar-refractivity contribution in [2.24, 2.45) is 5.73 Å². The number of aliphatic hydroxyl groups is 1. The van der Waals surface area contributed by atoms with Crippen LogP contribution in [0.25, 0.3) is 0 Å². The van der Waals surface area contributed by atoms with Gasteiger partial charge in [0.05, 0.1) is 0 Å². The molecule has 0 saturated heterocycles. The summed E-state index contributed by atoms with van der Waals surface area (Å²) in [5.41, 5.74) is 4.58. The SMILES string of the molecule is N[C@H](CCO)C(F)(F)F. The first-order valence-corrected chi connectivity index (χ1v) is 2.41. The Labute approximate surface area is 50.5 Å². The summed E-state index contributed by atoms with van der Waals surface area (Å²) in [5.74, 6) is 0. The largest absolute Gasteiger partial charge is 0.403 e. The van der Waals surface area contributed by atoms with Gasteiger partial charge in [-0.15, -0.1) is 0 Å². The third-order valence-electron chi connectivity index (χ3n) is 0.861. The molecule has 0 aromatic carbocycles. The maximum absolute atomic E-state index is 11.4. The molecular weight excluding hydrogens is 135 g/mol. The number of alkyl halides is 3. The molecule has 0 bridgehead atoms. The molecule has 1 atom stereocenters. The molecule has 2 nitrogen and oxygen atoms in total. The maximum Gasteiger partial charge on any atom is 0.403 e. The highest BCUT2D eigenvalue weighted by Crippen LogP contribution is 2.19. The van der Waals surface area contributed by atoms with Crippen LogP contribution in [0.3, 0.4) is 0 Å². The zero-order chi connectivity index (χ0) is 7.49. The first kappa shape index (κ1) is 8.71. The molecule has 0 heterocycles. The van der Waals surface area contributed by atoms with Crippen molar-refractivity contribution in [3.05, 3.63) is 0 Å². The van der Waals surface area contributed by atoms with Crippen LogP contribution in [0.15, 0.2) is 0 Å². The summed E-state index contributed by atoms with van der Waals surface area (Å²) >= 11 is 0. The molecule has 0 saturated carbocycles. The molecule has 0 rings (SSSR count). The third-order valence-corrected chi connectivity index (χ3v) is 0.861. The molecule has 9 heavy (non-hydrogen) atoms. The second-order valence-corrected chi connectivity index (χ2v) is 1.66. The standard InChI is InChI=1S/C4H8F3NO/c5-4(6,7)3(8)1-2-9/h3,9H,1-2,8H2/t3-/m1/s1. The molecule has 0 aliphatic carbocycles. The summed E-state index contributed by atoms with van der Waals surface area (Å²) in [6.07, 6.45) is -4.80. The van der Waals surface area contributed by atoms with Gasteiger partial charge in [0.1, 0.15) is 6.04 Å². The minimum Gasteiger partial charge on any atom is -0.396 e. The average Bonchev–Trinajstić information content (AvgIpc) is 1.64. The van der Waals surface area contributed by atoms with Crippen LogP contribution in [-0.4, -0.2) is 23.9 Å². The summed E-state index contributed by atoms with van der Waals surface area (Å²) in [4.78, 5) is 0. The molecule has 3 N–H and O–H groups in total. The lowest BCUT2D eigenvalue weighted by atomic mass is 10.2. The third kappa shape index (κ3) is 3.31. The van der Waals surface area contributed by atoms with Gasteiger partial charge < -0.3 is 10.8 Å². The van der Waals surface area contributed by atoms with Crippen molar-refractivity contribution >= 4 is 0 Å². The van der Waals surface area contributed by atoms with Crippen LogP contribution in [0, 0.1) is 0 Å². The van der Waals surface area contributed by atoms with Crippen molar-refractivity contribution in [1.29, 1.82) is 0 Å². The van der Waals surface area contributed by atoms with Crippen LogP contribution < -0.4 is 5.73 Å². The number of hydrogen-bond donors (Lipinski definition) is 2. The van der Waals surface area contributed by atoms with E-state index in [1.54, 1.807) is 0 Å². The molecule has 0 amide bonds. The van der Waals surface area contributed by atoms with E-state index in [9.17, 15) is 13.2 Å². The summed E-state index contributed by atoms with van der Waals surface area (Å²) in [5, 5.41) is 8.02. The molecule has 0 aliphatic rings. The van der Waals surface area contributed by atoms with E-state index in [1.807, 2.05) is 0 Å². The zero-order valence-electron chi connectivity index (χ0n) is 4.65. The van der Waals surface area contributed by atoms with Crippen molar-refractivity contribution in [2.45, 2.75) is 18.6 Å². The molecule has 0 aromatic heterocycles. The van der Waals surface area contributed by atoms with E-state index < -0.39 is 25.2 Å². The van der Waals surface area contributed by atoms with Crippen LogP contribution in [-0.2, 0) is 0 Å². The van der Waals surface area contributed by atoms with Crippen LogP contribution in [0.1, 0.15) is 6.42 Å². The Morgan fingerprint density at radius 3 is 2.00 bits per heavy atom. The molecule has 0 spiro atoms. The Morgan fingerprint density at radius 1 is 1.44 bits per heavy atom. The zero-order valence-corrected chi connectivity index (χ0v) is 4.65. The van der Waals surface area contributed by atoms with E-state index in [0.717, 1.165) is 0 Å². The summed E-state index contributed by atoms with van der Waals surface area (Å²) in [7, 11) is 0. The minimum atomic E-state index is -4.37. The van der Waals surface area contributed by atoms with Crippen LogP contribution in [0.4, 0.5) is 13.2 Å². The predicted octanol–water partition coefficient (Wildman–Crippen LogP) is 0.258. The van der Waals surface area contributed by atoms with Crippen LogP contribution >= 0.6 is 0 Å². The highest BCUT2D eigenvalue weighted by molar-refractivity contribution is 4.68. The van der Waals surface area contributed by atoms with Gasteiger partial charge in [-0.05, 0) is 6.42 Å². The topological polar surface area (TPSA) is 46.2 Å². The monoisotopic (exact) mass is 143 g/mol. The predicted molar refractivity (Wildman–Crippen MR) is 25.7 cm³/mol. The highest BCUT2D eigenvalue weighted by Gasteiger charge is 2.35. The highest BCUT2D eigenvalue weighted by atomic mass is 19.4. The molecule has 0 aromatic rings. The lowest BCUT2D eigenvalue weighted by Crippen LogP contribution is -2.37. The summed E-state index contributed by atoms with van der Waals surface area (Å²) in [6, 6.07) is -1.89. The van der Waals surface area contributed by atoms with E-state index in [4.69, 9.17) is 5.11 Å². The van der Waals surface area contributed by atoms with Crippen LogP contribution in [0.5, 0.6) is 0 Å². The molecule has 0 aliphatic heterocycles. The van der Waals surface area contributed by atoms with Gasteiger partial charge in [-0.2, -0.15) is 13.2 Å². The Kier molecular flexibility index (Phi) is 2.93. The van der Waals surface area contributed by atoms with E-state index in [1.165, 1.54) is 0 Å². The molecule has 0 fully saturated rings. The van der Waals surface area contributed by atoms with E-state index in [-0.39, 0.29) is 0 Å². The van der Waals surface area contributed by atoms with E-state index in [2.05, 4.69) is 5.73 Å². The van der Waals surface area contributed by atoms with Gasteiger partial charge in [0.25, 0.3) is 0 Å². The van der Waals surface area contributed by atoms with E-state index >= 15 is 0 Å². The minimum absolute atomic E-state index is 0.427. The van der Waals surface area contributed by atoms with Gasteiger partial charge in [-0.1, -0.05) is 0 Å². The van der Waals surface area contributed by atoms with Crippen molar-refractivity contribution in [3.8, 4) is 0 Å². The molecule has 0 unspecified atom stereocenters. The second kappa shape index (κ2) is 3.03. The number of hydrogen-bond acceptors (Lipinski definition) is 2. The fraction of sp³-hybridized carbons (Fsp3) is 1.00. The van der Waals surface area contributed by atoms with Gasteiger partial charge in [0, 0.05) is 6.61 Å². The number of halogens is 3. The van der Waals surface area contributed by atoms with Gasteiger partial charge in [-0.3, -0.25) is 0 Å². The Bertz CT molecular complexity index is 82.4.